The average Bonchev–Trinajstić information content (AvgIpc) is 2.83. The van der Waals surface area contributed by atoms with E-state index in [9.17, 15) is 37.8 Å². The smallest absolute Gasteiger partial charge is 0.427 e. The zero-order chi connectivity index (χ0) is 30.3. The number of hydrogen-bond acceptors (Lipinski definition) is 10. The van der Waals surface area contributed by atoms with E-state index in [2.05, 4.69) is 9.97 Å². The molecule has 4 rings (SSSR count). The van der Waals surface area contributed by atoms with Crippen LogP contribution in [0.15, 0.2) is 24.5 Å². The number of nitro groups is 2. The van der Waals surface area contributed by atoms with Crippen molar-refractivity contribution >= 4 is 41.5 Å². The Morgan fingerprint density at radius 2 is 1.20 bits per heavy atom. The Hall–Kier alpha value is -3.31. The van der Waals surface area contributed by atoms with Crippen LogP contribution in [0.5, 0.6) is 0 Å². The van der Waals surface area contributed by atoms with Crippen LogP contribution in [0, 0.1) is 27.2 Å². The molecule has 0 aliphatic carbocycles. The number of alkyl halides is 4. The van der Waals surface area contributed by atoms with E-state index in [0.717, 1.165) is 6.20 Å². The van der Waals surface area contributed by atoms with Gasteiger partial charge in [-0.05, 0) is 19.8 Å². The van der Waals surface area contributed by atoms with Gasteiger partial charge in [0.25, 0.3) is 11.8 Å². The SMILES string of the molecule is CB(O)O.Cc1cc(N2CCC(F)(F)CC2)c([N+](=O)[O-])cn1.O=[N+]([O-])c1cnc(Cl)cc1N1CCC(F)(F)CC1. The van der Waals surface area contributed by atoms with Crippen molar-refractivity contribution in [1.29, 1.82) is 0 Å². The fourth-order valence-electron chi connectivity index (χ4n) is 3.89. The summed E-state index contributed by atoms with van der Waals surface area (Å²) in [6, 6.07) is 2.91. The number of nitrogens with zero attached hydrogens (tertiary/aromatic N) is 6. The van der Waals surface area contributed by atoms with Gasteiger partial charge in [-0.1, -0.05) is 11.6 Å². The van der Waals surface area contributed by atoms with Crippen LogP contribution in [0.3, 0.4) is 0 Å². The van der Waals surface area contributed by atoms with Crippen molar-refractivity contribution in [1.82, 2.24) is 9.97 Å². The molecule has 0 bridgehead atoms. The first kappa shape index (κ1) is 32.9. The second-order valence-electron chi connectivity index (χ2n) is 9.14. The van der Waals surface area contributed by atoms with E-state index in [1.54, 1.807) is 22.8 Å². The quantitative estimate of drug-likeness (QED) is 0.170. The Balaban J connectivity index is 0.000000247. The highest BCUT2D eigenvalue weighted by Crippen LogP contribution is 2.36. The van der Waals surface area contributed by atoms with Gasteiger partial charge in [-0.3, -0.25) is 25.2 Å². The highest BCUT2D eigenvalue weighted by molar-refractivity contribution is 6.38. The number of aromatic nitrogens is 2. The van der Waals surface area contributed by atoms with Crippen LogP contribution >= 0.6 is 11.6 Å². The van der Waals surface area contributed by atoms with Crippen LogP contribution < -0.4 is 9.80 Å². The minimum absolute atomic E-state index is 0.0637. The normalized spacial score (nSPS) is 17.5. The van der Waals surface area contributed by atoms with Gasteiger partial charge in [0.2, 0.25) is 0 Å². The van der Waals surface area contributed by atoms with Crippen molar-refractivity contribution in [3.63, 3.8) is 0 Å². The third kappa shape index (κ3) is 10.0. The van der Waals surface area contributed by atoms with Crippen molar-refractivity contribution < 1.29 is 37.5 Å². The van der Waals surface area contributed by atoms with Crippen LogP contribution in [-0.4, -0.2) is 75.0 Å². The molecule has 2 aliphatic heterocycles. The van der Waals surface area contributed by atoms with Gasteiger partial charge in [0.15, 0.2) is 0 Å². The van der Waals surface area contributed by atoms with Gasteiger partial charge in [0.05, 0.1) is 9.85 Å². The molecule has 0 radical (unpaired) electrons. The average molecular weight is 595 g/mol. The summed E-state index contributed by atoms with van der Waals surface area (Å²) in [5, 5.41) is 37.1. The Bertz CT molecular complexity index is 1090. The third-order valence-electron chi connectivity index (χ3n) is 5.89. The molecule has 220 valence electrons. The standard InChI is InChI=1S/C11H13F2N3O2.C10H10ClF2N3O2.CH5BO2/c1-8-6-9(10(7-14-8)16(17)18)15-4-2-11(12,13)3-5-15;11-9-5-7(8(6-14-9)16(17)18)15-3-1-10(12,13)2-4-15;1-2(3)4/h6-7H,2-5H2,1H3;5-6H,1-4H2;3-4H,1H3. The van der Waals surface area contributed by atoms with E-state index in [1.165, 1.54) is 19.1 Å². The van der Waals surface area contributed by atoms with Crippen LogP contribution in [0.2, 0.25) is 12.0 Å². The topological polar surface area (TPSA) is 159 Å². The number of aryl methyl sites for hydroxylation is 1. The summed E-state index contributed by atoms with van der Waals surface area (Å²) >= 11 is 5.69. The van der Waals surface area contributed by atoms with E-state index >= 15 is 0 Å². The van der Waals surface area contributed by atoms with Gasteiger partial charge >= 0.3 is 18.5 Å². The van der Waals surface area contributed by atoms with Crippen molar-refractivity contribution in [3.05, 3.63) is 55.6 Å². The van der Waals surface area contributed by atoms with E-state index in [1.807, 2.05) is 0 Å². The number of piperidine rings is 2. The zero-order valence-electron chi connectivity index (χ0n) is 21.6. The molecule has 2 aromatic rings. The monoisotopic (exact) mass is 594 g/mol. The van der Waals surface area contributed by atoms with E-state index in [0.29, 0.717) is 11.4 Å². The molecule has 18 heteroatoms. The predicted octanol–water partition coefficient (Wildman–Crippen LogP) is 4.50. The number of halogens is 5. The first-order valence-corrected chi connectivity index (χ1v) is 12.4. The van der Waals surface area contributed by atoms with Crippen LogP contribution in [0.4, 0.5) is 40.3 Å². The maximum atomic E-state index is 13.1. The second kappa shape index (κ2) is 13.9. The summed E-state index contributed by atoms with van der Waals surface area (Å²) in [5.74, 6) is -5.35. The Kier molecular flexibility index (Phi) is 11.4. The lowest BCUT2D eigenvalue weighted by Crippen LogP contribution is -2.39. The molecule has 40 heavy (non-hydrogen) atoms. The van der Waals surface area contributed by atoms with E-state index in [-0.39, 0.29) is 74.1 Å². The molecule has 2 aliphatic rings. The van der Waals surface area contributed by atoms with Crippen LogP contribution in [-0.2, 0) is 0 Å². The van der Waals surface area contributed by atoms with E-state index < -0.39 is 28.8 Å². The fourth-order valence-corrected chi connectivity index (χ4v) is 4.04. The maximum absolute atomic E-state index is 13.1. The molecule has 0 aromatic carbocycles. The molecule has 0 amide bonds. The molecule has 0 atom stereocenters. The molecule has 4 heterocycles. The van der Waals surface area contributed by atoms with Gasteiger partial charge in [-0.15, -0.1) is 0 Å². The Morgan fingerprint density at radius 1 is 0.850 bits per heavy atom. The summed E-state index contributed by atoms with van der Waals surface area (Å²) in [6.45, 7) is 3.36. The molecular formula is C22H28BClF4N6O6. The van der Waals surface area contributed by atoms with Gasteiger partial charge in [0, 0.05) is 63.6 Å². The molecule has 2 saturated heterocycles. The zero-order valence-corrected chi connectivity index (χ0v) is 22.4. The lowest BCUT2D eigenvalue weighted by Gasteiger charge is -2.33. The molecule has 2 N–H and O–H groups in total. The summed E-state index contributed by atoms with van der Waals surface area (Å²) in [5.41, 5.74) is 0.905. The van der Waals surface area contributed by atoms with Gasteiger partial charge in [-0.2, -0.15) is 0 Å². The predicted molar refractivity (Wildman–Crippen MR) is 140 cm³/mol. The molecule has 0 spiro atoms. The highest BCUT2D eigenvalue weighted by Gasteiger charge is 2.37. The maximum Gasteiger partial charge on any atom is 0.448 e. The van der Waals surface area contributed by atoms with Crippen LogP contribution in [0.25, 0.3) is 0 Å². The number of pyridine rings is 2. The summed E-state index contributed by atoms with van der Waals surface area (Å²) in [4.78, 5) is 31.3. The first-order chi connectivity index (χ1) is 18.5. The first-order valence-electron chi connectivity index (χ1n) is 12.0. The molecule has 12 nitrogen and oxygen atoms in total. The fraction of sp³-hybridized carbons (Fsp3) is 0.545. The minimum Gasteiger partial charge on any atom is -0.427 e. The largest absolute Gasteiger partial charge is 0.448 e. The summed E-state index contributed by atoms with van der Waals surface area (Å²) < 4.78 is 52.2. The number of hydrogen-bond donors (Lipinski definition) is 2. The summed E-state index contributed by atoms with van der Waals surface area (Å²) in [7, 11) is -1.17. The van der Waals surface area contributed by atoms with Crippen molar-refractivity contribution in [2.24, 2.45) is 0 Å². The lowest BCUT2D eigenvalue weighted by atomic mass is 9.99. The van der Waals surface area contributed by atoms with Gasteiger partial charge in [0.1, 0.15) is 28.9 Å². The van der Waals surface area contributed by atoms with E-state index in [4.69, 9.17) is 21.6 Å². The molecule has 2 aromatic heterocycles. The molecule has 0 saturated carbocycles. The lowest BCUT2D eigenvalue weighted by molar-refractivity contribution is -0.384. The molecule has 0 unspecified atom stereocenters. The molecule has 2 fully saturated rings. The van der Waals surface area contributed by atoms with Crippen molar-refractivity contribution in [2.75, 3.05) is 36.0 Å². The van der Waals surface area contributed by atoms with Gasteiger partial charge < -0.3 is 19.8 Å². The van der Waals surface area contributed by atoms with Crippen molar-refractivity contribution in [2.45, 2.75) is 51.3 Å². The molecular weight excluding hydrogens is 567 g/mol. The van der Waals surface area contributed by atoms with Gasteiger partial charge in [-0.25, -0.2) is 22.5 Å². The van der Waals surface area contributed by atoms with Crippen molar-refractivity contribution in [3.8, 4) is 0 Å². The Morgan fingerprint density at radius 3 is 1.57 bits per heavy atom. The number of anilines is 2. The minimum atomic E-state index is -2.69. The summed E-state index contributed by atoms with van der Waals surface area (Å²) in [6.07, 6.45) is 1.05. The van der Waals surface area contributed by atoms with Crippen LogP contribution in [0.1, 0.15) is 31.4 Å². The third-order valence-corrected chi connectivity index (χ3v) is 6.10. The highest BCUT2D eigenvalue weighted by atomic mass is 35.5. The number of rotatable bonds is 4. The second-order valence-corrected chi connectivity index (χ2v) is 9.53. The Labute approximate surface area is 232 Å².